The Morgan fingerprint density at radius 3 is 2.71 bits per heavy atom. The number of fused-ring (bicyclic) bond motifs is 1. The fourth-order valence-corrected chi connectivity index (χ4v) is 5.30. The van der Waals surface area contributed by atoms with Crippen LogP contribution in [0.3, 0.4) is 0 Å². The maximum absolute atomic E-state index is 12.8. The Bertz CT molecular complexity index is 647. The summed E-state index contributed by atoms with van der Waals surface area (Å²) in [5.74, 6) is -0.291. The largest absolute Gasteiger partial charge is 0.472 e. The van der Waals surface area contributed by atoms with Gasteiger partial charge < -0.3 is 14.6 Å². The number of aryl methyl sites for hydroxylation is 1. The first-order valence-electron chi connectivity index (χ1n) is 8.84. The molecular weight excluding hydrogens is 304 g/mol. The van der Waals surface area contributed by atoms with Gasteiger partial charge in [0.15, 0.2) is 5.78 Å². The van der Waals surface area contributed by atoms with Gasteiger partial charge in [-0.3, -0.25) is 4.79 Å². The SMILES string of the molecule is CC1=CC(=O)C2C(C)(CO)CCCC2(C)C1(O)CCc1ccoc1. The number of allylic oxidation sites excluding steroid dienone is 1. The highest BCUT2D eigenvalue weighted by atomic mass is 16.3. The fraction of sp³-hybridized carbons (Fsp3) is 0.650. The van der Waals surface area contributed by atoms with Crippen LogP contribution in [0.15, 0.2) is 34.7 Å². The van der Waals surface area contributed by atoms with Gasteiger partial charge in [0.25, 0.3) is 0 Å². The third kappa shape index (κ3) is 2.39. The van der Waals surface area contributed by atoms with Crippen LogP contribution in [0.2, 0.25) is 0 Å². The Morgan fingerprint density at radius 1 is 1.33 bits per heavy atom. The lowest BCUT2D eigenvalue weighted by atomic mass is 9.46. The van der Waals surface area contributed by atoms with E-state index in [2.05, 4.69) is 0 Å². The molecule has 1 fully saturated rings. The van der Waals surface area contributed by atoms with Crippen LogP contribution in [-0.4, -0.2) is 28.2 Å². The molecule has 4 heteroatoms. The molecule has 4 unspecified atom stereocenters. The summed E-state index contributed by atoms with van der Waals surface area (Å²) in [4.78, 5) is 12.8. The average Bonchev–Trinajstić information content (AvgIpc) is 3.04. The van der Waals surface area contributed by atoms with Crippen LogP contribution in [0.4, 0.5) is 0 Å². The van der Waals surface area contributed by atoms with Crippen molar-refractivity contribution in [3.8, 4) is 0 Å². The predicted molar refractivity (Wildman–Crippen MR) is 91.4 cm³/mol. The second kappa shape index (κ2) is 5.85. The minimum absolute atomic E-state index is 0.0241. The first-order chi connectivity index (χ1) is 11.3. The van der Waals surface area contributed by atoms with Gasteiger partial charge in [0.2, 0.25) is 0 Å². The number of hydrogen-bond donors (Lipinski definition) is 2. The minimum atomic E-state index is -1.04. The van der Waals surface area contributed by atoms with Gasteiger partial charge in [-0.15, -0.1) is 0 Å². The zero-order valence-electron chi connectivity index (χ0n) is 14.8. The molecular formula is C20H28O4. The van der Waals surface area contributed by atoms with Crippen LogP contribution < -0.4 is 0 Å². The highest BCUT2D eigenvalue weighted by molar-refractivity contribution is 5.95. The van der Waals surface area contributed by atoms with Crippen LogP contribution in [0.25, 0.3) is 0 Å². The van der Waals surface area contributed by atoms with Crippen LogP contribution in [0.5, 0.6) is 0 Å². The van der Waals surface area contributed by atoms with Crippen molar-refractivity contribution >= 4 is 5.78 Å². The molecule has 2 aliphatic rings. The standard InChI is InChI=1S/C20H28O4/c1-14-11-16(22)17-18(2,13-21)7-4-8-19(17,3)20(14,23)9-5-15-6-10-24-12-15/h6,10-12,17,21,23H,4-5,7-9,13H2,1-3H3. The maximum Gasteiger partial charge on any atom is 0.160 e. The zero-order valence-corrected chi connectivity index (χ0v) is 14.8. The molecule has 2 aliphatic carbocycles. The van der Waals surface area contributed by atoms with Crippen molar-refractivity contribution in [1.29, 1.82) is 0 Å². The van der Waals surface area contributed by atoms with Crippen molar-refractivity contribution < 1.29 is 19.4 Å². The topological polar surface area (TPSA) is 70.7 Å². The smallest absolute Gasteiger partial charge is 0.160 e. The highest BCUT2D eigenvalue weighted by Crippen LogP contribution is 2.61. The molecule has 1 aromatic heterocycles. The van der Waals surface area contributed by atoms with Crippen molar-refractivity contribution in [1.82, 2.24) is 0 Å². The van der Waals surface area contributed by atoms with Crippen molar-refractivity contribution in [3.05, 3.63) is 35.8 Å². The van der Waals surface area contributed by atoms with E-state index in [1.165, 1.54) is 0 Å². The van der Waals surface area contributed by atoms with Gasteiger partial charge in [-0.2, -0.15) is 0 Å². The van der Waals surface area contributed by atoms with Gasteiger partial charge in [-0.05, 0) is 55.9 Å². The third-order valence-electron chi connectivity index (χ3n) is 6.74. The summed E-state index contributed by atoms with van der Waals surface area (Å²) in [5.41, 5.74) is -0.265. The number of rotatable bonds is 4. The average molecular weight is 332 g/mol. The molecule has 24 heavy (non-hydrogen) atoms. The van der Waals surface area contributed by atoms with Gasteiger partial charge in [-0.25, -0.2) is 0 Å². The van der Waals surface area contributed by atoms with Gasteiger partial charge in [-0.1, -0.05) is 20.3 Å². The Morgan fingerprint density at radius 2 is 2.08 bits per heavy atom. The first kappa shape index (κ1) is 17.4. The van der Waals surface area contributed by atoms with Crippen molar-refractivity contribution in [2.24, 2.45) is 16.7 Å². The molecule has 3 rings (SSSR count). The molecule has 2 N–H and O–H groups in total. The van der Waals surface area contributed by atoms with E-state index in [1.807, 2.05) is 26.8 Å². The molecule has 0 bridgehead atoms. The number of aliphatic hydroxyl groups is 2. The molecule has 0 amide bonds. The fourth-order valence-electron chi connectivity index (χ4n) is 5.30. The molecule has 4 nitrogen and oxygen atoms in total. The Hall–Kier alpha value is -1.39. The zero-order chi connectivity index (χ0) is 17.6. The molecule has 0 aliphatic heterocycles. The molecule has 0 saturated heterocycles. The van der Waals surface area contributed by atoms with E-state index < -0.39 is 16.4 Å². The number of ketones is 1. The highest BCUT2D eigenvalue weighted by Gasteiger charge is 2.62. The maximum atomic E-state index is 12.8. The van der Waals surface area contributed by atoms with Gasteiger partial charge in [0, 0.05) is 23.4 Å². The van der Waals surface area contributed by atoms with E-state index in [-0.39, 0.29) is 18.3 Å². The van der Waals surface area contributed by atoms with E-state index >= 15 is 0 Å². The molecule has 1 saturated carbocycles. The number of aliphatic hydroxyl groups excluding tert-OH is 1. The molecule has 1 aromatic rings. The summed E-state index contributed by atoms with van der Waals surface area (Å²) in [6.45, 7) is 5.86. The lowest BCUT2D eigenvalue weighted by molar-refractivity contribution is -0.171. The lowest BCUT2D eigenvalue weighted by Crippen LogP contribution is -2.63. The number of carbonyl (C=O) groups is 1. The van der Waals surface area contributed by atoms with Crippen LogP contribution in [0, 0.1) is 16.7 Å². The van der Waals surface area contributed by atoms with Gasteiger partial charge >= 0.3 is 0 Å². The first-order valence-corrected chi connectivity index (χ1v) is 8.84. The second-order valence-corrected chi connectivity index (χ2v) is 8.24. The Balaban J connectivity index is 2.01. The molecule has 0 spiro atoms. The van der Waals surface area contributed by atoms with Crippen molar-refractivity contribution in [2.75, 3.05) is 6.61 Å². The third-order valence-corrected chi connectivity index (χ3v) is 6.74. The normalized spacial score (nSPS) is 39.5. The van der Waals surface area contributed by atoms with E-state index in [1.54, 1.807) is 18.6 Å². The van der Waals surface area contributed by atoms with E-state index in [4.69, 9.17) is 4.42 Å². The van der Waals surface area contributed by atoms with Gasteiger partial charge in [0.1, 0.15) is 0 Å². The quantitative estimate of drug-likeness (QED) is 0.888. The van der Waals surface area contributed by atoms with E-state index in [9.17, 15) is 15.0 Å². The molecule has 0 radical (unpaired) electrons. The summed E-state index contributed by atoms with van der Waals surface area (Å²) < 4.78 is 5.13. The summed E-state index contributed by atoms with van der Waals surface area (Å²) in [6, 6.07) is 1.91. The van der Waals surface area contributed by atoms with Crippen molar-refractivity contribution in [2.45, 2.75) is 58.5 Å². The summed E-state index contributed by atoms with van der Waals surface area (Å²) in [5, 5.41) is 21.7. The number of carbonyl (C=O) groups excluding carboxylic acids is 1. The molecule has 1 heterocycles. The minimum Gasteiger partial charge on any atom is -0.472 e. The monoisotopic (exact) mass is 332 g/mol. The van der Waals surface area contributed by atoms with E-state index in [0.29, 0.717) is 12.8 Å². The predicted octanol–water partition coefficient (Wildman–Crippen LogP) is 3.28. The molecule has 0 aromatic carbocycles. The van der Waals surface area contributed by atoms with Crippen LogP contribution in [0.1, 0.15) is 52.0 Å². The molecule has 4 atom stereocenters. The summed E-state index contributed by atoms with van der Waals surface area (Å²) >= 11 is 0. The van der Waals surface area contributed by atoms with Crippen molar-refractivity contribution in [3.63, 3.8) is 0 Å². The second-order valence-electron chi connectivity index (χ2n) is 8.24. The van der Waals surface area contributed by atoms with Crippen LogP contribution >= 0.6 is 0 Å². The van der Waals surface area contributed by atoms with Gasteiger partial charge in [0.05, 0.1) is 18.1 Å². The lowest BCUT2D eigenvalue weighted by Gasteiger charge is -2.59. The Kier molecular flexibility index (Phi) is 4.25. The Labute approximate surface area is 143 Å². The number of furan rings is 1. The summed E-state index contributed by atoms with van der Waals surface area (Å²) in [7, 11) is 0. The van der Waals surface area contributed by atoms with Crippen LogP contribution in [-0.2, 0) is 11.2 Å². The summed E-state index contributed by atoms with van der Waals surface area (Å²) in [6.07, 6.45) is 8.74. The molecule has 132 valence electrons. The number of hydrogen-bond acceptors (Lipinski definition) is 4. The van der Waals surface area contributed by atoms with E-state index in [0.717, 1.165) is 30.4 Å².